The van der Waals surface area contributed by atoms with Crippen LogP contribution in [0.15, 0.2) is 48.5 Å². The van der Waals surface area contributed by atoms with E-state index in [-0.39, 0.29) is 25.0 Å². The van der Waals surface area contributed by atoms with Gasteiger partial charge in [-0.05, 0) is 41.5 Å². The van der Waals surface area contributed by atoms with Crippen LogP contribution in [0.4, 0.5) is 4.79 Å². The Morgan fingerprint density at radius 3 is 2.12 bits per heavy atom. The zero-order valence-electron chi connectivity index (χ0n) is 20.3. The molecule has 7 heteroatoms. The zero-order chi connectivity index (χ0) is 24.9. The van der Waals surface area contributed by atoms with Gasteiger partial charge in [-0.15, -0.1) is 0 Å². The smallest absolute Gasteiger partial charge is 0.408 e. The molecule has 0 fully saturated rings. The lowest BCUT2D eigenvalue weighted by Gasteiger charge is -2.35. The largest absolute Gasteiger partial charge is 0.480 e. The number of carbonyl (C=O) groups is 3. The molecule has 34 heavy (non-hydrogen) atoms. The van der Waals surface area contributed by atoms with Crippen LogP contribution in [0, 0.1) is 5.92 Å². The molecule has 0 radical (unpaired) electrons. The van der Waals surface area contributed by atoms with Gasteiger partial charge in [0.2, 0.25) is 5.91 Å². The highest BCUT2D eigenvalue weighted by molar-refractivity contribution is 5.91. The number of alkyl carbamates (subject to hydrolysis) is 1. The first kappa shape index (κ1) is 25.3. The third-order valence-corrected chi connectivity index (χ3v) is 6.14. The van der Waals surface area contributed by atoms with Gasteiger partial charge in [-0.1, -0.05) is 75.7 Å². The van der Waals surface area contributed by atoms with Crippen LogP contribution in [-0.4, -0.2) is 53.2 Å². The summed E-state index contributed by atoms with van der Waals surface area (Å²) in [5.74, 6) is -1.51. The Bertz CT molecular complexity index is 1010. The summed E-state index contributed by atoms with van der Waals surface area (Å²) in [6.45, 7) is 7.39. The first-order valence-electron chi connectivity index (χ1n) is 11.8. The van der Waals surface area contributed by atoms with E-state index in [1.54, 1.807) is 6.92 Å². The molecule has 2 amide bonds. The van der Waals surface area contributed by atoms with Gasteiger partial charge in [-0.25, -0.2) is 4.79 Å². The number of hydrogen-bond acceptors (Lipinski definition) is 4. The van der Waals surface area contributed by atoms with Gasteiger partial charge in [0.15, 0.2) is 0 Å². The number of amides is 2. The number of carboxylic acids is 1. The molecule has 0 saturated carbocycles. The van der Waals surface area contributed by atoms with Gasteiger partial charge in [-0.2, -0.15) is 0 Å². The first-order valence-corrected chi connectivity index (χ1v) is 11.8. The van der Waals surface area contributed by atoms with E-state index in [0.29, 0.717) is 12.8 Å². The number of nitrogens with one attached hydrogen (secondary N) is 1. The van der Waals surface area contributed by atoms with Crippen molar-refractivity contribution in [2.45, 2.75) is 52.0 Å². The van der Waals surface area contributed by atoms with Gasteiger partial charge < -0.3 is 20.1 Å². The minimum absolute atomic E-state index is 0.0867. The van der Waals surface area contributed by atoms with Gasteiger partial charge in [0.1, 0.15) is 18.7 Å². The van der Waals surface area contributed by atoms with Crippen molar-refractivity contribution in [1.82, 2.24) is 10.2 Å². The van der Waals surface area contributed by atoms with Crippen LogP contribution >= 0.6 is 0 Å². The van der Waals surface area contributed by atoms with E-state index in [9.17, 15) is 19.5 Å². The van der Waals surface area contributed by atoms with Gasteiger partial charge in [0, 0.05) is 12.5 Å². The first-order chi connectivity index (χ1) is 16.2. The lowest BCUT2D eigenvalue weighted by Crippen LogP contribution is -2.59. The molecule has 7 nitrogen and oxygen atoms in total. The number of benzene rings is 2. The predicted molar refractivity (Wildman–Crippen MR) is 131 cm³/mol. The highest BCUT2D eigenvalue weighted by atomic mass is 16.5. The lowest BCUT2D eigenvalue weighted by atomic mass is 9.93. The number of carbonyl (C=O) groups excluding carboxylic acids is 2. The maximum absolute atomic E-state index is 13.3. The van der Waals surface area contributed by atoms with Gasteiger partial charge in [-0.3, -0.25) is 9.59 Å². The second-order valence-corrected chi connectivity index (χ2v) is 9.51. The highest BCUT2D eigenvalue weighted by Gasteiger charge is 2.39. The van der Waals surface area contributed by atoms with Crippen LogP contribution in [0.2, 0.25) is 0 Å². The molecule has 1 atom stereocenters. The molecule has 0 spiro atoms. The fourth-order valence-corrected chi connectivity index (χ4v) is 4.75. The number of nitrogens with zero attached hydrogens (tertiary/aromatic N) is 1. The molecule has 0 aromatic heterocycles. The number of rotatable bonds is 10. The monoisotopic (exact) mass is 466 g/mol. The van der Waals surface area contributed by atoms with E-state index in [1.165, 1.54) is 4.90 Å². The van der Waals surface area contributed by atoms with Crippen LogP contribution in [-0.2, 0) is 14.3 Å². The Morgan fingerprint density at radius 2 is 1.62 bits per heavy atom. The van der Waals surface area contributed by atoms with Crippen molar-refractivity contribution in [3.8, 4) is 11.1 Å². The van der Waals surface area contributed by atoms with Crippen LogP contribution in [0.3, 0.4) is 0 Å². The molecule has 2 N–H and O–H groups in total. The van der Waals surface area contributed by atoms with Crippen molar-refractivity contribution in [3.05, 3.63) is 59.7 Å². The fourth-order valence-electron chi connectivity index (χ4n) is 4.75. The quantitative estimate of drug-likeness (QED) is 0.531. The molecule has 2 aromatic rings. The Kier molecular flexibility index (Phi) is 7.97. The number of hydrogen-bond donors (Lipinski definition) is 2. The summed E-state index contributed by atoms with van der Waals surface area (Å²) in [6, 6.07) is 16.2. The Labute approximate surface area is 201 Å². The van der Waals surface area contributed by atoms with E-state index in [2.05, 4.69) is 17.4 Å². The van der Waals surface area contributed by atoms with E-state index < -0.39 is 30.1 Å². The van der Waals surface area contributed by atoms with Crippen LogP contribution < -0.4 is 5.32 Å². The van der Waals surface area contributed by atoms with E-state index in [0.717, 1.165) is 22.3 Å². The van der Waals surface area contributed by atoms with Crippen LogP contribution in [0.1, 0.15) is 57.6 Å². The summed E-state index contributed by atoms with van der Waals surface area (Å²) < 4.78 is 5.64. The number of aliphatic carboxylic acids is 1. The van der Waals surface area contributed by atoms with Crippen molar-refractivity contribution < 1.29 is 24.2 Å². The predicted octanol–water partition coefficient (Wildman–Crippen LogP) is 4.65. The molecule has 2 aromatic carbocycles. The summed E-state index contributed by atoms with van der Waals surface area (Å²) >= 11 is 0. The third kappa shape index (κ3) is 5.58. The Hall–Kier alpha value is -3.35. The average Bonchev–Trinajstić information content (AvgIpc) is 3.10. The maximum Gasteiger partial charge on any atom is 0.408 e. The second-order valence-electron chi connectivity index (χ2n) is 9.51. The van der Waals surface area contributed by atoms with Crippen LogP contribution in [0.5, 0.6) is 0 Å². The minimum atomic E-state index is -1.26. The molecule has 0 aliphatic heterocycles. The number of fused-ring (bicyclic) bond motifs is 3. The molecular formula is C27H34N2O5. The summed E-state index contributed by atoms with van der Waals surface area (Å²) in [4.78, 5) is 38.9. The third-order valence-electron chi connectivity index (χ3n) is 6.14. The number of ether oxygens (including phenoxy) is 1. The molecule has 0 saturated heterocycles. The van der Waals surface area contributed by atoms with Gasteiger partial charge >= 0.3 is 12.1 Å². The molecular weight excluding hydrogens is 432 g/mol. The summed E-state index contributed by atoms with van der Waals surface area (Å²) in [6.07, 6.45) is 0.310. The van der Waals surface area contributed by atoms with E-state index in [4.69, 9.17) is 4.74 Å². The van der Waals surface area contributed by atoms with Crippen molar-refractivity contribution in [1.29, 1.82) is 0 Å². The molecule has 1 aliphatic rings. The Balaban J connectivity index is 1.74. The molecule has 1 aliphatic carbocycles. The normalized spacial score (nSPS) is 14.1. The summed E-state index contributed by atoms with van der Waals surface area (Å²) in [5.41, 5.74) is 3.22. The van der Waals surface area contributed by atoms with E-state index in [1.807, 2.05) is 57.2 Å². The standard InChI is InChI=1S/C27H34N2O5/c1-5-14-27(4,25(32)29(15-18(2)3)16-24(30)31)28-26(33)34-17-23-21-12-8-6-10-19(21)20-11-7-9-13-22(20)23/h6-13,18,23H,5,14-17H2,1-4H3,(H,28,33)(H,30,31). The molecule has 0 bridgehead atoms. The fraction of sp³-hybridized carbons (Fsp3) is 0.444. The van der Waals surface area contributed by atoms with Crippen LogP contribution in [0.25, 0.3) is 11.1 Å². The molecule has 1 unspecified atom stereocenters. The summed E-state index contributed by atoms with van der Waals surface area (Å²) in [7, 11) is 0. The SMILES string of the molecule is CCCC(C)(NC(=O)OCC1c2ccccc2-c2ccccc21)C(=O)N(CC(=O)O)CC(C)C. The molecule has 3 rings (SSSR count). The van der Waals surface area contributed by atoms with Crippen molar-refractivity contribution >= 4 is 18.0 Å². The zero-order valence-corrected chi connectivity index (χ0v) is 20.3. The minimum Gasteiger partial charge on any atom is -0.480 e. The van der Waals surface area contributed by atoms with Crippen molar-refractivity contribution in [2.24, 2.45) is 5.92 Å². The highest BCUT2D eigenvalue weighted by Crippen LogP contribution is 2.44. The second kappa shape index (κ2) is 10.7. The Morgan fingerprint density at radius 1 is 1.06 bits per heavy atom. The van der Waals surface area contributed by atoms with Gasteiger partial charge in [0.25, 0.3) is 0 Å². The molecule has 182 valence electrons. The summed E-state index contributed by atoms with van der Waals surface area (Å²) in [5, 5.41) is 12.0. The lowest BCUT2D eigenvalue weighted by molar-refractivity contribution is -0.147. The van der Waals surface area contributed by atoms with E-state index >= 15 is 0 Å². The number of carboxylic acid groups (broad SMARTS) is 1. The van der Waals surface area contributed by atoms with Crippen molar-refractivity contribution in [3.63, 3.8) is 0 Å². The average molecular weight is 467 g/mol. The maximum atomic E-state index is 13.3. The van der Waals surface area contributed by atoms with Gasteiger partial charge in [0.05, 0.1) is 0 Å². The molecule has 0 heterocycles. The topological polar surface area (TPSA) is 95.9 Å². The van der Waals surface area contributed by atoms with Crippen molar-refractivity contribution in [2.75, 3.05) is 19.7 Å².